The Labute approximate surface area is 131 Å². The molecule has 0 unspecified atom stereocenters. The number of aromatic nitrogens is 3. The van der Waals surface area contributed by atoms with Crippen LogP contribution in [0.4, 0.5) is 23.5 Å². The summed E-state index contributed by atoms with van der Waals surface area (Å²) in [6.45, 7) is 0. The van der Waals surface area contributed by atoms with Crippen molar-refractivity contribution in [3.05, 3.63) is 41.5 Å². The average molecular weight is 343 g/mol. The third kappa shape index (κ3) is 3.34. The van der Waals surface area contributed by atoms with Crippen molar-refractivity contribution in [2.24, 2.45) is 5.16 Å². The molecule has 0 aliphatic carbocycles. The summed E-state index contributed by atoms with van der Waals surface area (Å²) in [5.41, 5.74) is 0.795. The first-order valence-corrected chi connectivity index (χ1v) is 6.62. The highest BCUT2D eigenvalue weighted by Crippen LogP contribution is 2.26. The number of benzene rings is 1. The molecule has 126 valence electrons. The van der Waals surface area contributed by atoms with E-state index in [1.54, 1.807) is 11.2 Å². The lowest BCUT2D eigenvalue weighted by Crippen LogP contribution is -2.28. The first-order chi connectivity index (χ1) is 11.3. The Balaban J connectivity index is 1.63. The number of aromatic amines is 1. The van der Waals surface area contributed by atoms with Crippen molar-refractivity contribution in [2.75, 3.05) is 5.32 Å². The molecular weight excluding hydrogens is 334 g/mol. The lowest BCUT2D eigenvalue weighted by Gasteiger charge is -2.06. The number of carbonyl (C=O) groups excluding carboxylic acids is 1. The van der Waals surface area contributed by atoms with Crippen molar-refractivity contribution in [1.29, 1.82) is 0 Å². The molecule has 1 aromatic carbocycles. The van der Waals surface area contributed by atoms with Crippen LogP contribution < -0.4 is 5.32 Å². The van der Waals surface area contributed by atoms with Gasteiger partial charge < -0.3 is 4.84 Å². The molecule has 11 heteroatoms. The second kappa shape index (κ2) is 5.91. The number of nitrogens with one attached hydrogen (secondary N) is 2. The lowest BCUT2D eigenvalue weighted by molar-refractivity contribution is -0.144. The Morgan fingerprint density at radius 1 is 1.38 bits per heavy atom. The molecule has 2 aromatic rings. The number of rotatable bonds is 3. The predicted octanol–water partition coefficient (Wildman–Crippen LogP) is 2.09. The third-order valence-corrected chi connectivity index (χ3v) is 3.11. The molecule has 0 radical (unpaired) electrons. The van der Waals surface area contributed by atoms with E-state index in [0.29, 0.717) is 11.3 Å². The van der Waals surface area contributed by atoms with Crippen LogP contribution in [0.3, 0.4) is 0 Å². The highest BCUT2D eigenvalue weighted by molar-refractivity contribution is 6.05. The van der Waals surface area contributed by atoms with Gasteiger partial charge in [-0.2, -0.15) is 18.2 Å². The van der Waals surface area contributed by atoms with Crippen molar-refractivity contribution < 1.29 is 27.2 Å². The van der Waals surface area contributed by atoms with Gasteiger partial charge in [0.25, 0.3) is 5.91 Å². The quantitative estimate of drug-likeness (QED) is 0.835. The molecule has 1 aliphatic heterocycles. The smallest absolute Gasteiger partial charge is 0.382 e. The van der Waals surface area contributed by atoms with Crippen LogP contribution in [0.1, 0.15) is 17.8 Å². The van der Waals surface area contributed by atoms with Gasteiger partial charge in [0.2, 0.25) is 17.9 Å². The molecule has 24 heavy (non-hydrogen) atoms. The minimum atomic E-state index is -4.70. The van der Waals surface area contributed by atoms with Crippen LogP contribution in [0.25, 0.3) is 0 Å². The fraction of sp³-hybridized carbons (Fsp3) is 0.231. The van der Waals surface area contributed by atoms with Crippen LogP contribution in [0.15, 0.2) is 29.4 Å². The number of amides is 1. The molecule has 0 bridgehead atoms. The normalized spacial score (nSPS) is 17.3. The summed E-state index contributed by atoms with van der Waals surface area (Å²) in [6.07, 6.45) is -5.74. The molecule has 0 saturated heterocycles. The van der Waals surface area contributed by atoms with Crippen LogP contribution in [0.5, 0.6) is 0 Å². The summed E-state index contributed by atoms with van der Waals surface area (Å²) >= 11 is 0. The molecule has 1 atom stereocenters. The highest BCUT2D eigenvalue weighted by atomic mass is 19.4. The summed E-state index contributed by atoms with van der Waals surface area (Å²) < 4.78 is 50.3. The van der Waals surface area contributed by atoms with Crippen molar-refractivity contribution in [3.63, 3.8) is 0 Å². The Morgan fingerprint density at radius 2 is 2.17 bits per heavy atom. The van der Waals surface area contributed by atoms with E-state index in [0.717, 1.165) is 0 Å². The summed E-state index contributed by atoms with van der Waals surface area (Å²) in [7, 11) is 0. The molecule has 2 heterocycles. The monoisotopic (exact) mass is 343 g/mol. The van der Waals surface area contributed by atoms with Crippen molar-refractivity contribution in [3.8, 4) is 0 Å². The fourth-order valence-corrected chi connectivity index (χ4v) is 1.99. The van der Waals surface area contributed by atoms with Crippen molar-refractivity contribution in [1.82, 2.24) is 15.2 Å². The maximum atomic E-state index is 13.2. The largest absolute Gasteiger partial charge is 0.451 e. The molecule has 1 aromatic heterocycles. The Bertz CT molecular complexity index is 802. The van der Waals surface area contributed by atoms with Gasteiger partial charge in [0.1, 0.15) is 5.82 Å². The zero-order valence-corrected chi connectivity index (χ0v) is 11.8. The molecule has 2 N–H and O–H groups in total. The van der Waals surface area contributed by atoms with Crippen LogP contribution >= 0.6 is 0 Å². The van der Waals surface area contributed by atoms with E-state index in [1.165, 1.54) is 18.2 Å². The Hall–Kier alpha value is -2.98. The maximum Gasteiger partial charge on any atom is 0.451 e. The molecular formula is C13H9F4N5O2. The minimum absolute atomic E-state index is 0.0336. The molecule has 1 aliphatic rings. The minimum Gasteiger partial charge on any atom is -0.382 e. The molecule has 7 nitrogen and oxygen atoms in total. The molecule has 0 fully saturated rings. The zero-order chi connectivity index (χ0) is 17.3. The van der Waals surface area contributed by atoms with Crippen LogP contribution in [0.2, 0.25) is 0 Å². The van der Waals surface area contributed by atoms with Crippen LogP contribution in [-0.2, 0) is 15.8 Å². The average Bonchev–Trinajstić information content (AvgIpc) is 3.15. The Morgan fingerprint density at radius 3 is 2.83 bits per heavy atom. The van der Waals surface area contributed by atoms with Gasteiger partial charge in [0.05, 0.1) is 5.71 Å². The van der Waals surface area contributed by atoms with Gasteiger partial charge in [-0.1, -0.05) is 17.3 Å². The van der Waals surface area contributed by atoms with E-state index >= 15 is 0 Å². The number of nitrogens with zero attached hydrogens (tertiary/aromatic N) is 3. The second-order valence-corrected chi connectivity index (χ2v) is 4.84. The summed E-state index contributed by atoms with van der Waals surface area (Å²) in [5, 5.41) is 10.7. The van der Waals surface area contributed by atoms with Gasteiger partial charge in [-0.25, -0.2) is 4.39 Å². The van der Waals surface area contributed by atoms with Crippen LogP contribution in [-0.4, -0.2) is 32.9 Å². The van der Waals surface area contributed by atoms with E-state index < -0.39 is 35.8 Å². The number of oxime groups is 1. The summed E-state index contributed by atoms with van der Waals surface area (Å²) in [5.74, 6) is -3.10. The van der Waals surface area contributed by atoms with Gasteiger partial charge in [0, 0.05) is 12.0 Å². The second-order valence-electron chi connectivity index (χ2n) is 4.84. The number of H-pyrrole nitrogens is 1. The lowest BCUT2D eigenvalue weighted by atomic mass is 10.0. The first-order valence-electron chi connectivity index (χ1n) is 6.62. The molecule has 0 saturated carbocycles. The number of alkyl halides is 3. The SMILES string of the molecule is O=C(Nc1n[nH]c(C(F)(F)F)n1)[C@H]1CC(c2cccc(F)c2)=NO1. The van der Waals surface area contributed by atoms with Crippen molar-refractivity contribution >= 4 is 17.6 Å². The van der Waals surface area contributed by atoms with Gasteiger partial charge >= 0.3 is 6.18 Å². The molecule has 0 spiro atoms. The first kappa shape index (κ1) is 15.9. The Kier molecular flexibility index (Phi) is 3.91. The summed E-state index contributed by atoms with van der Waals surface area (Å²) in [4.78, 5) is 20.0. The van der Waals surface area contributed by atoms with E-state index in [2.05, 4.69) is 20.6 Å². The number of halogens is 4. The van der Waals surface area contributed by atoms with E-state index in [4.69, 9.17) is 4.84 Å². The van der Waals surface area contributed by atoms with Gasteiger partial charge in [-0.05, 0) is 12.1 Å². The van der Waals surface area contributed by atoms with Gasteiger partial charge in [-0.3, -0.25) is 15.2 Å². The van der Waals surface area contributed by atoms with Gasteiger partial charge in [-0.15, -0.1) is 5.10 Å². The van der Waals surface area contributed by atoms with E-state index in [1.807, 2.05) is 0 Å². The number of hydrogen-bond acceptors (Lipinski definition) is 5. The zero-order valence-electron chi connectivity index (χ0n) is 11.8. The third-order valence-electron chi connectivity index (χ3n) is 3.11. The maximum absolute atomic E-state index is 13.2. The standard InChI is InChI=1S/C13H9F4N5O2/c14-7-3-1-2-6(4-7)8-5-9(24-22-8)10(23)18-12-19-11(20-21-12)13(15,16)17/h1-4,9H,5H2,(H2,18,19,20,21,23)/t9-/m1/s1. The van der Waals surface area contributed by atoms with Crippen molar-refractivity contribution in [2.45, 2.75) is 18.7 Å². The predicted molar refractivity (Wildman–Crippen MR) is 72.4 cm³/mol. The topological polar surface area (TPSA) is 92.3 Å². The summed E-state index contributed by atoms with van der Waals surface area (Å²) in [6, 6.07) is 5.56. The number of anilines is 1. The number of hydrogen-bond donors (Lipinski definition) is 2. The molecule has 1 amide bonds. The van der Waals surface area contributed by atoms with E-state index in [-0.39, 0.29) is 6.42 Å². The number of carbonyl (C=O) groups is 1. The highest BCUT2D eigenvalue weighted by Gasteiger charge is 2.36. The van der Waals surface area contributed by atoms with Crippen LogP contribution in [0, 0.1) is 5.82 Å². The van der Waals surface area contributed by atoms with E-state index in [9.17, 15) is 22.4 Å². The fourth-order valence-electron chi connectivity index (χ4n) is 1.99. The van der Waals surface area contributed by atoms with Gasteiger partial charge in [0.15, 0.2) is 0 Å². The molecule has 3 rings (SSSR count).